The first-order valence-corrected chi connectivity index (χ1v) is 9.89. The summed E-state index contributed by atoms with van der Waals surface area (Å²) in [5, 5.41) is 0. The van der Waals surface area contributed by atoms with Gasteiger partial charge >= 0.3 is 5.91 Å². The van der Waals surface area contributed by atoms with E-state index in [0.29, 0.717) is 22.0 Å². The van der Waals surface area contributed by atoms with Gasteiger partial charge in [0.1, 0.15) is 18.1 Å². The standard InChI is InChI=1S/C20H18N2O5S/c1-28(25)17-10-7-14(8-11-17)19(23)21-22-20(24)18-12-9-16(27-18)13-26-15-5-3-2-4-6-15/h2-12H,13H2,1H3,(H,21,23)(H,22,24). The molecule has 0 fully saturated rings. The molecule has 1 aromatic heterocycles. The topological polar surface area (TPSA) is 97.6 Å². The predicted octanol–water partition coefficient (Wildman–Crippen LogP) is 2.67. The van der Waals surface area contributed by atoms with Gasteiger partial charge in [0.2, 0.25) is 0 Å². The second kappa shape index (κ2) is 9.01. The average Bonchev–Trinajstić information content (AvgIpc) is 3.20. The highest BCUT2D eigenvalue weighted by Crippen LogP contribution is 2.14. The Hall–Kier alpha value is -3.39. The number of amides is 2. The van der Waals surface area contributed by atoms with Crippen LogP contribution in [-0.4, -0.2) is 22.3 Å². The fraction of sp³-hybridized carbons (Fsp3) is 0.100. The van der Waals surface area contributed by atoms with E-state index in [1.54, 1.807) is 24.5 Å². The number of para-hydroxylation sites is 1. The van der Waals surface area contributed by atoms with E-state index in [1.165, 1.54) is 18.2 Å². The minimum absolute atomic E-state index is 0.0451. The van der Waals surface area contributed by atoms with Crippen LogP contribution in [0.4, 0.5) is 0 Å². The highest BCUT2D eigenvalue weighted by atomic mass is 32.2. The monoisotopic (exact) mass is 398 g/mol. The molecule has 2 N–H and O–H groups in total. The van der Waals surface area contributed by atoms with Crippen molar-refractivity contribution in [3.8, 4) is 5.75 Å². The molecule has 0 aliphatic rings. The molecule has 0 bridgehead atoms. The second-order valence-electron chi connectivity index (χ2n) is 5.75. The summed E-state index contributed by atoms with van der Waals surface area (Å²) in [6.45, 7) is 0.175. The molecule has 3 aromatic rings. The van der Waals surface area contributed by atoms with Crippen molar-refractivity contribution in [1.82, 2.24) is 10.9 Å². The van der Waals surface area contributed by atoms with Gasteiger partial charge in [0.25, 0.3) is 5.91 Å². The van der Waals surface area contributed by atoms with Crippen molar-refractivity contribution in [2.24, 2.45) is 0 Å². The molecular formula is C20H18N2O5S. The lowest BCUT2D eigenvalue weighted by Crippen LogP contribution is -2.41. The van der Waals surface area contributed by atoms with Gasteiger partial charge in [-0.25, -0.2) is 0 Å². The van der Waals surface area contributed by atoms with Crippen molar-refractivity contribution in [1.29, 1.82) is 0 Å². The Kier molecular flexibility index (Phi) is 6.23. The van der Waals surface area contributed by atoms with Gasteiger partial charge in [-0.05, 0) is 48.5 Å². The summed E-state index contributed by atoms with van der Waals surface area (Å²) in [5.41, 5.74) is 4.92. The van der Waals surface area contributed by atoms with E-state index in [0.717, 1.165) is 0 Å². The van der Waals surface area contributed by atoms with Crippen LogP contribution in [0.3, 0.4) is 0 Å². The number of hydrazine groups is 1. The van der Waals surface area contributed by atoms with Crippen molar-refractivity contribution >= 4 is 22.6 Å². The Morgan fingerprint density at radius 2 is 1.61 bits per heavy atom. The van der Waals surface area contributed by atoms with Crippen molar-refractivity contribution in [3.05, 3.63) is 83.8 Å². The summed E-state index contributed by atoms with van der Waals surface area (Å²) in [5.74, 6) is 0.119. The van der Waals surface area contributed by atoms with Gasteiger partial charge in [0.15, 0.2) is 5.76 Å². The van der Waals surface area contributed by atoms with E-state index in [9.17, 15) is 13.8 Å². The quantitative estimate of drug-likeness (QED) is 0.622. The van der Waals surface area contributed by atoms with Crippen molar-refractivity contribution in [2.45, 2.75) is 11.5 Å². The molecule has 7 nitrogen and oxygen atoms in total. The Balaban J connectivity index is 1.51. The fourth-order valence-corrected chi connectivity index (χ4v) is 2.81. The summed E-state index contributed by atoms with van der Waals surface area (Å²) < 4.78 is 22.3. The number of hydrogen-bond acceptors (Lipinski definition) is 5. The van der Waals surface area contributed by atoms with Gasteiger partial charge in [-0.2, -0.15) is 0 Å². The molecule has 2 amide bonds. The predicted molar refractivity (Wildman–Crippen MR) is 103 cm³/mol. The van der Waals surface area contributed by atoms with Crippen molar-refractivity contribution in [3.63, 3.8) is 0 Å². The molecular weight excluding hydrogens is 380 g/mol. The highest BCUT2D eigenvalue weighted by molar-refractivity contribution is 7.84. The molecule has 0 aliphatic heterocycles. The Morgan fingerprint density at radius 1 is 0.929 bits per heavy atom. The van der Waals surface area contributed by atoms with Crippen LogP contribution in [0.2, 0.25) is 0 Å². The Morgan fingerprint density at radius 3 is 2.29 bits per heavy atom. The SMILES string of the molecule is CS(=O)c1ccc(C(=O)NNC(=O)c2ccc(COc3ccccc3)o2)cc1. The molecule has 0 saturated carbocycles. The molecule has 1 heterocycles. The number of benzene rings is 2. The smallest absolute Gasteiger partial charge is 0.305 e. The number of carbonyl (C=O) groups excluding carboxylic acids is 2. The van der Waals surface area contributed by atoms with Crippen molar-refractivity contribution in [2.75, 3.05) is 6.26 Å². The van der Waals surface area contributed by atoms with Gasteiger partial charge in [0.05, 0.1) is 0 Å². The molecule has 0 radical (unpaired) electrons. The van der Waals surface area contributed by atoms with Crippen LogP contribution in [0.5, 0.6) is 5.75 Å². The minimum atomic E-state index is -1.12. The van der Waals surface area contributed by atoms with E-state index in [1.807, 2.05) is 30.3 Å². The van der Waals surface area contributed by atoms with Crippen LogP contribution in [0.1, 0.15) is 26.7 Å². The van der Waals surface area contributed by atoms with Crippen LogP contribution >= 0.6 is 0 Å². The third-order valence-corrected chi connectivity index (χ3v) is 4.68. The first kappa shape index (κ1) is 19.4. The van der Waals surface area contributed by atoms with Crippen LogP contribution < -0.4 is 15.6 Å². The van der Waals surface area contributed by atoms with E-state index in [-0.39, 0.29) is 12.4 Å². The third kappa shape index (κ3) is 5.08. The number of carbonyl (C=O) groups is 2. The van der Waals surface area contributed by atoms with E-state index in [4.69, 9.17) is 9.15 Å². The summed E-state index contributed by atoms with van der Waals surface area (Å²) in [4.78, 5) is 24.8. The molecule has 0 aliphatic carbocycles. The fourth-order valence-electron chi connectivity index (χ4n) is 2.29. The largest absolute Gasteiger partial charge is 0.486 e. The number of rotatable bonds is 6. The molecule has 144 valence electrons. The molecule has 3 rings (SSSR count). The summed E-state index contributed by atoms with van der Waals surface area (Å²) >= 11 is 0. The Labute approximate surface area is 164 Å². The first-order chi connectivity index (χ1) is 13.5. The zero-order valence-corrected chi connectivity index (χ0v) is 15.8. The van der Waals surface area contributed by atoms with Crippen molar-refractivity contribution < 1.29 is 23.0 Å². The number of furan rings is 1. The van der Waals surface area contributed by atoms with Gasteiger partial charge < -0.3 is 9.15 Å². The van der Waals surface area contributed by atoms with Gasteiger partial charge in [-0.3, -0.25) is 24.6 Å². The van der Waals surface area contributed by atoms with Gasteiger partial charge in [-0.1, -0.05) is 18.2 Å². The molecule has 1 atom stereocenters. The maximum absolute atomic E-state index is 12.1. The van der Waals surface area contributed by atoms with Crippen LogP contribution in [-0.2, 0) is 17.4 Å². The molecule has 0 saturated heterocycles. The van der Waals surface area contributed by atoms with Crippen LogP contribution in [0.15, 0.2) is 76.0 Å². The van der Waals surface area contributed by atoms with E-state index in [2.05, 4.69) is 10.9 Å². The van der Waals surface area contributed by atoms with Gasteiger partial charge in [0, 0.05) is 27.5 Å². The lowest BCUT2D eigenvalue weighted by atomic mass is 10.2. The number of hydrogen-bond donors (Lipinski definition) is 2. The molecule has 0 spiro atoms. The van der Waals surface area contributed by atoms with Gasteiger partial charge in [-0.15, -0.1) is 0 Å². The van der Waals surface area contributed by atoms with Crippen LogP contribution in [0, 0.1) is 0 Å². The van der Waals surface area contributed by atoms with E-state index < -0.39 is 22.6 Å². The lowest BCUT2D eigenvalue weighted by molar-refractivity contribution is 0.0828. The summed E-state index contributed by atoms with van der Waals surface area (Å²) in [7, 11) is -1.12. The molecule has 8 heteroatoms. The maximum Gasteiger partial charge on any atom is 0.305 e. The normalized spacial score (nSPS) is 11.5. The second-order valence-corrected chi connectivity index (χ2v) is 7.13. The number of ether oxygens (including phenoxy) is 1. The van der Waals surface area contributed by atoms with E-state index >= 15 is 0 Å². The maximum atomic E-state index is 12.1. The van der Waals surface area contributed by atoms with Crippen LogP contribution in [0.25, 0.3) is 0 Å². The minimum Gasteiger partial charge on any atom is -0.486 e. The zero-order valence-electron chi connectivity index (χ0n) is 15.0. The third-order valence-electron chi connectivity index (χ3n) is 3.75. The molecule has 28 heavy (non-hydrogen) atoms. The lowest BCUT2D eigenvalue weighted by Gasteiger charge is -2.06. The zero-order chi connectivity index (χ0) is 19.9. The summed E-state index contributed by atoms with van der Waals surface area (Å²) in [6, 6.07) is 18.6. The highest BCUT2D eigenvalue weighted by Gasteiger charge is 2.13. The Bertz CT molecular complexity index is 983. The molecule has 2 aromatic carbocycles. The number of nitrogens with one attached hydrogen (secondary N) is 2. The first-order valence-electron chi connectivity index (χ1n) is 8.33. The average molecular weight is 398 g/mol. The summed E-state index contributed by atoms with van der Waals surface area (Å²) in [6.07, 6.45) is 1.55. The molecule has 1 unspecified atom stereocenters.